The molecule has 2 aromatic rings. The van der Waals surface area contributed by atoms with Gasteiger partial charge in [0.25, 0.3) is 5.91 Å². The lowest BCUT2D eigenvalue weighted by Crippen LogP contribution is -2.36. The monoisotopic (exact) mass is 336 g/mol. The second-order valence-electron chi connectivity index (χ2n) is 6.08. The van der Waals surface area contributed by atoms with Crippen molar-refractivity contribution in [3.63, 3.8) is 0 Å². The van der Waals surface area contributed by atoms with Crippen molar-refractivity contribution in [2.45, 2.75) is 0 Å². The van der Waals surface area contributed by atoms with Gasteiger partial charge in [0.2, 0.25) is 0 Å². The molecule has 0 bridgehead atoms. The van der Waals surface area contributed by atoms with E-state index in [1.54, 1.807) is 7.11 Å². The maximum atomic E-state index is 12.3. The lowest BCUT2D eigenvalue weighted by Gasteiger charge is -2.29. The molecule has 0 aromatic heterocycles. The van der Waals surface area contributed by atoms with E-state index in [4.69, 9.17) is 9.47 Å². The number of hydrogen-bond acceptors (Lipinski definition) is 4. The number of nitrogens with zero attached hydrogens (tertiary/aromatic N) is 1. The van der Waals surface area contributed by atoms with Crippen LogP contribution >= 0.6 is 0 Å². The van der Waals surface area contributed by atoms with Crippen molar-refractivity contribution >= 4 is 28.9 Å². The van der Waals surface area contributed by atoms with E-state index in [-0.39, 0.29) is 5.91 Å². The van der Waals surface area contributed by atoms with E-state index >= 15 is 0 Å². The van der Waals surface area contributed by atoms with E-state index < -0.39 is 0 Å². The first-order chi connectivity index (χ1) is 12.3. The molecule has 1 fully saturated rings. The zero-order chi connectivity index (χ0) is 17.2. The molecule has 2 heterocycles. The van der Waals surface area contributed by atoms with Crippen molar-refractivity contribution < 1.29 is 14.3 Å². The molecular weight excluding hydrogens is 316 g/mol. The molecule has 0 spiro atoms. The van der Waals surface area contributed by atoms with Crippen molar-refractivity contribution in [3.05, 3.63) is 53.6 Å². The van der Waals surface area contributed by atoms with Crippen LogP contribution in [-0.2, 0) is 9.53 Å². The standard InChI is InChI=1S/C20H20N2O3/c1-24-19-13-15(22-8-10-25-11-9-22)7-6-14(19)12-17-16-4-2-3-5-18(16)21-20(17)23/h2-7,12-13H,8-11H2,1H3,(H,21,23)/b17-12+. The maximum absolute atomic E-state index is 12.3. The fourth-order valence-corrected chi connectivity index (χ4v) is 3.28. The summed E-state index contributed by atoms with van der Waals surface area (Å²) in [7, 11) is 1.66. The molecule has 0 unspecified atom stereocenters. The van der Waals surface area contributed by atoms with Crippen LogP contribution in [-0.4, -0.2) is 39.3 Å². The second kappa shape index (κ2) is 6.61. The van der Waals surface area contributed by atoms with Gasteiger partial charge in [-0.3, -0.25) is 4.79 Å². The summed E-state index contributed by atoms with van der Waals surface area (Å²) < 4.78 is 11.0. The average molecular weight is 336 g/mol. The number of fused-ring (bicyclic) bond motifs is 1. The molecular formula is C20H20N2O3. The Bertz CT molecular complexity index is 839. The van der Waals surface area contributed by atoms with Crippen LogP contribution in [0.5, 0.6) is 5.75 Å². The minimum atomic E-state index is -0.0829. The third-order valence-corrected chi connectivity index (χ3v) is 4.60. The molecule has 0 saturated carbocycles. The fraction of sp³-hybridized carbons (Fsp3) is 0.250. The molecule has 2 aliphatic rings. The van der Waals surface area contributed by atoms with Gasteiger partial charge in [0.15, 0.2) is 0 Å². The van der Waals surface area contributed by atoms with Crippen LogP contribution in [0.3, 0.4) is 0 Å². The number of amides is 1. The van der Waals surface area contributed by atoms with E-state index in [0.29, 0.717) is 5.57 Å². The third-order valence-electron chi connectivity index (χ3n) is 4.60. The van der Waals surface area contributed by atoms with Crippen LogP contribution in [0.2, 0.25) is 0 Å². The number of morpholine rings is 1. The van der Waals surface area contributed by atoms with Gasteiger partial charge in [-0.25, -0.2) is 0 Å². The molecule has 1 amide bonds. The van der Waals surface area contributed by atoms with Crippen LogP contribution in [0.25, 0.3) is 11.6 Å². The van der Waals surface area contributed by atoms with Crippen molar-refractivity contribution in [1.29, 1.82) is 0 Å². The smallest absolute Gasteiger partial charge is 0.256 e. The third kappa shape index (κ3) is 2.98. The van der Waals surface area contributed by atoms with E-state index in [0.717, 1.165) is 54.6 Å². The summed E-state index contributed by atoms with van der Waals surface area (Å²) >= 11 is 0. The predicted molar refractivity (Wildman–Crippen MR) is 99.0 cm³/mol. The highest BCUT2D eigenvalue weighted by Crippen LogP contribution is 2.35. The number of rotatable bonds is 3. The topological polar surface area (TPSA) is 50.8 Å². The van der Waals surface area contributed by atoms with Crippen molar-refractivity contribution in [2.75, 3.05) is 43.6 Å². The molecule has 128 valence electrons. The lowest BCUT2D eigenvalue weighted by molar-refractivity contribution is -0.110. The molecule has 0 radical (unpaired) electrons. The normalized spacial score (nSPS) is 18.2. The van der Waals surface area contributed by atoms with Crippen molar-refractivity contribution in [1.82, 2.24) is 0 Å². The first kappa shape index (κ1) is 15.7. The SMILES string of the molecule is COc1cc(N2CCOCC2)ccc1/C=C1/C(=O)Nc2ccccc21. The molecule has 2 aliphatic heterocycles. The second-order valence-corrected chi connectivity index (χ2v) is 6.08. The minimum absolute atomic E-state index is 0.0829. The fourth-order valence-electron chi connectivity index (χ4n) is 3.28. The first-order valence-corrected chi connectivity index (χ1v) is 8.39. The summed E-state index contributed by atoms with van der Waals surface area (Å²) in [6.07, 6.45) is 1.89. The van der Waals surface area contributed by atoms with Gasteiger partial charge in [-0.1, -0.05) is 18.2 Å². The Morgan fingerprint density at radius 2 is 1.96 bits per heavy atom. The van der Waals surface area contributed by atoms with E-state index in [2.05, 4.69) is 16.3 Å². The summed E-state index contributed by atoms with van der Waals surface area (Å²) in [6, 6.07) is 13.8. The van der Waals surface area contributed by atoms with Crippen LogP contribution in [0.15, 0.2) is 42.5 Å². The summed E-state index contributed by atoms with van der Waals surface area (Å²) in [6.45, 7) is 3.23. The zero-order valence-electron chi connectivity index (χ0n) is 14.1. The molecule has 5 heteroatoms. The van der Waals surface area contributed by atoms with E-state index in [1.165, 1.54) is 0 Å². The average Bonchev–Trinajstić information content (AvgIpc) is 2.98. The van der Waals surface area contributed by atoms with Crippen LogP contribution in [0, 0.1) is 0 Å². The molecule has 0 aliphatic carbocycles. The van der Waals surface area contributed by atoms with Crippen LogP contribution < -0.4 is 15.0 Å². The Balaban J connectivity index is 1.70. The Labute approximate surface area is 146 Å². The highest BCUT2D eigenvalue weighted by Gasteiger charge is 2.24. The number of nitrogens with one attached hydrogen (secondary N) is 1. The Kier molecular flexibility index (Phi) is 4.15. The van der Waals surface area contributed by atoms with Gasteiger partial charge < -0.3 is 19.7 Å². The maximum Gasteiger partial charge on any atom is 0.256 e. The quantitative estimate of drug-likeness (QED) is 0.876. The lowest BCUT2D eigenvalue weighted by atomic mass is 10.0. The number of carbonyl (C=O) groups excluding carboxylic acids is 1. The van der Waals surface area contributed by atoms with Gasteiger partial charge in [-0.15, -0.1) is 0 Å². The molecule has 1 saturated heterocycles. The van der Waals surface area contributed by atoms with Crippen LogP contribution in [0.4, 0.5) is 11.4 Å². The summed E-state index contributed by atoms with van der Waals surface area (Å²) in [5, 5.41) is 2.90. The van der Waals surface area contributed by atoms with Crippen molar-refractivity contribution in [3.8, 4) is 5.75 Å². The predicted octanol–water partition coefficient (Wildman–Crippen LogP) is 3.02. The highest BCUT2D eigenvalue weighted by atomic mass is 16.5. The van der Waals surface area contributed by atoms with Gasteiger partial charge in [0.05, 0.1) is 20.3 Å². The summed E-state index contributed by atoms with van der Waals surface area (Å²) in [4.78, 5) is 14.6. The highest BCUT2D eigenvalue weighted by molar-refractivity contribution is 6.35. The van der Waals surface area contributed by atoms with Gasteiger partial charge in [0.1, 0.15) is 5.75 Å². The zero-order valence-corrected chi connectivity index (χ0v) is 14.1. The number of ether oxygens (including phenoxy) is 2. The van der Waals surface area contributed by atoms with Gasteiger partial charge in [-0.05, 0) is 24.3 Å². The largest absolute Gasteiger partial charge is 0.496 e. The van der Waals surface area contributed by atoms with E-state index in [1.807, 2.05) is 42.5 Å². The number of carbonyl (C=O) groups is 1. The van der Waals surface area contributed by atoms with Gasteiger partial charge in [-0.2, -0.15) is 0 Å². The first-order valence-electron chi connectivity index (χ1n) is 8.39. The number of hydrogen-bond donors (Lipinski definition) is 1. The Hall–Kier alpha value is -2.79. The van der Waals surface area contributed by atoms with E-state index in [9.17, 15) is 4.79 Å². The number of anilines is 2. The van der Waals surface area contributed by atoms with Crippen molar-refractivity contribution in [2.24, 2.45) is 0 Å². The molecule has 1 N–H and O–H groups in total. The molecule has 0 atom stereocenters. The van der Waals surface area contributed by atoms with Crippen LogP contribution in [0.1, 0.15) is 11.1 Å². The molecule has 5 nitrogen and oxygen atoms in total. The molecule has 25 heavy (non-hydrogen) atoms. The minimum Gasteiger partial charge on any atom is -0.496 e. The summed E-state index contributed by atoms with van der Waals surface area (Å²) in [5.41, 5.74) is 4.43. The number of para-hydroxylation sites is 1. The Morgan fingerprint density at radius 3 is 2.76 bits per heavy atom. The van der Waals surface area contributed by atoms with Gasteiger partial charge >= 0.3 is 0 Å². The Morgan fingerprint density at radius 1 is 1.16 bits per heavy atom. The molecule has 2 aromatic carbocycles. The number of benzene rings is 2. The van der Waals surface area contributed by atoms with Gasteiger partial charge in [0, 0.05) is 47.2 Å². The number of methoxy groups -OCH3 is 1. The summed E-state index contributed by atoms with van der Waals surface area (Å²) in [5.74, 6) is 0.675. The molecule has 4 rings (SSSR count).